The predicted octanol–water partition coefficient (Wildman–Crippen LogP) is 4.35. The fraction of sp³-hybridized carbons (Fsp3) is 0.536. The molecule has 1 amide bonds. The highest BCUT2D eigenvalue weighted by Gasteiger charge is 2.47. The predicted molar refractivity (Wildman–Crippen MR) is 142 cm³/mol. The Morgan fingerprint density at radius 2 is 1.89 bits per heavy atom. The summed E-state index contributed by atoms with van der Waals surface area (Å²) in [4.78, 5) is 15.1. The third-order valence-corrected chi connectivity index (χ3v) is 9.24. The molecule has 2 heterocycles. The second-order valence-corrected chi connectivity index (χ2v) is 12.8. The molecule has 1 spiro atoms. The first-order chi connectivity index (χ1) is 17.5. The van der Waals surface area contributed by atoms with Gasteiger partial charge in [0.05, 0.1) is 23.6 Å². The van der Waals surface area contributed by atoms with E-state index >= 15 is 0 Å². The number of ether oxygens (including phenoxy) is 1. The molecule has 0 aliphatic carbocycles. The number of likely N-dealkylation sites (tertiary alicyclic amines) is 1. The van der Waals surface area contributed by atoms with Crippen LogP contribution in [0.25, 0.3) is 0 Å². The normalized spacial score (nSPS) is 23.5. The molecule has 37 heavy (non-hydrogen) atoms. The Hall–Kier alpha value is -2.33. The van der Waals surface area contributed by atoms with Crippen molar-refractivity contribution in [3.63, 3.8) is 0 Å². The molecule has 0 bridgehead atoms. The van der Waals surface area contributed by atoms with Crippen LogP contribution < -0.4 is 5.32 Å². The number of anilines is 1. The molecule has 7 nitrogen and oxygen atoms in total. The molecule has 2 aromatic carbocycles. The number of nitrogens with zero attached hydrogens (tertiary/aromatic N) is 2. The number of aryl methyl sites for hydroxylation is 1. The van der Waals surface area contributed by atoms with Crippen molar-refractivity contribution in [1.29, 1.82) is 0 Å². The number of amides is 1. The van der Waals surface area contributed by atoms with Gasteiger partial charge in [-0.1, -0.05) is 37.6 Å². The number of carbonyl (C=O) groups excluding carboxylic acids is 1. The summed E-state index contributed by atoms with van der Waals surface area (Å²) in [5, 5.41) is 2.81. The maximum absolute atomic E-state index is 13.9. The van der Waals surface area contributed by atoms with E-state index in [2.05, 4.69) is 19.2 Å². The first-order valence-electron chi connectivity index (χ1n) is 13.0. The molecule has 2 fully saturated rings. The van der Waals surface area contributed by atoms with Crippen LogP contribution in [-0.2, 0) is 19.6 Å². The Labute approximate surface area is 220 Å². The summed E-state index contributed by atoms with van der Waals surface area (Å²) >= 11 is 0. The number of rotatable bonds is 7. The van der Waals surface area contributed by atoms with E-state index in [1.807, 2.05) is 24.0 Å². The van der Waals surface area contributed by atoms with Crippen molar-refractivity contribution in [1.82, 2.24) is 9.21 Å². The van der Waals surface area contributed by atoms with Crippen molar-refractivity contribution in [3.8, 4) is 0 Å². The summed E-state index contributed by atoms with van der Waals surface area (Å²) in [5.41, 5.74) is 1.18. The number of nitrogens with one attached hydrogen (secondary N) is 1. The highest BCUT2D eigenvalue weighted by molar-refractivity contribution is 7.89. The van der Waals surface area contributed by atoms with Gasteiger partial charge < -0.3 is 10.1 Å². The summed E-state index contributed by atoms with van der Waals surface area (Å²) in [6, 6.07) is 11.4. The number of benzene rings is 2. The van der Waals surface area contributed by atoms with Gasteiger partial charge in [0.1, 0.15) is 5.82 Å². The van der Waals surface area contributed by atoms with Crippen LogP contribution in [0.5, 0.6) is 0 Å². The third kappa shape index (κ3) is 6.39. The minimum Gasteiger partial charge on any atom is -0.371 e. The number of hydrogen-bond donors (Lipinski definition) is 1. The second-order valence-electron chi connectivity index (χ2n) is 10.9. The van der Waals surface area contributed by atoms with E-state index in [1.54, 1.807) is 35.5 Å². The zero-order chi connectivity index (χ0) is 26.8. The molecule has 2 aliphatic heterocycles. The molecule has 0 unspecified atom stereocenters. The molecular formula is C28H38FN3O4S. The van der Waals surface area contributed by atoms with E-state index in [-0.39, 0.29) is 30.9 Å². The first-order valence-corrected chi connectivity index (χ1v) is 14.4. The van der Waals surface area contributed by atoms with Crippen molar-refractivity contribution in [3.05, 3.63) is 59.4 Å². The molecule has 0 radical (unpaired) electrons. The van der Waals surface area contributed by atoms with Crippen LogP contribution >= 0.6 is 0 Å². The summed E-state index contributed by atoms with van der Waals surface area (Å²) in [7, 11) is -3.72. The molecule has 0 saturated carbocycles. The van der Waals surface area contributed by atoms with Crippen LogP contribution in [0.3, 0.4) is 0 Å². The maximum atomic E-state index is 13.9. The summed E-state index contributed by atoms with van der Waals surface area (Å²) in [5.74, 6) is -0.282. The van der Waals surface area contributed by atoms with Crippen LogP contribution in [-0.4, -0.2) is 68.0 Å². The molecule has 1 N–H and O–H groups in total. The van der Waals surface area contributed by atoms with Gasteiger partial charge in [0.2, 0.25) is 15.9 Å². The molecule has 202 valence electrons. The zero-order valence-electron chi connectivity index (χ0n) is 22.2. The lowest BCUT2D eigenvalue weighted by atomic mass is 9.89. The van der Waals surface area contributed by atoms with E-state index in [0.29, 0.717) is 48.2 Å². The Balaban J connectivity index is 1.51. The molecule has 2 aliphatic rings. The van der Waals surface area contributed by atoms with Crippen molar-refractivity contribution >= 4 is 21.6 Å². The molecule has 4 rings (SSSR count). The van der Waals surface area contributed by atoms with Crippen molar-refractivity contribution in [2.45, 2.75) is 63.5 Å². The highest BCUT2D eigenvalue weighted by Crippen LogP contribution is 2.35. The van der Waals surface area contributed by atoms with Gasteiger partial charge in [0.15, 0.2) is 0 Å². The molecule has 2 atom stereocenters. The Kier molecular flexibility index (Phi) is 8.38. The van der Waals surface area contributed by atoms with Crippen LogP contribution in [0.2, 0.25) is 0 Å². The maximum Gasteiger partial charge on any atom is 0.243 e. The Bertz CT molecular complexity index is 1220. The van der Waals surface area contributed by atoms with Gasteiger partial charge >= 0.3 is 0 Å². The lowest BCUT2D eigenvalue weighted by Gasteiger charge is -2.50. The summed E-state index contributed by atoms with van der Waals surface area (Å²) < 4.78 is 49.6. The molecular weight excluding hydrogens is 493 g/mol. The quantitative estimate of drug-likeness (QED) is 0.575. The first kappa shape index (κ1) is 27.7. The van der Waals surface area contributed by atoms with Crippen LogP contribution in [0.4, 0.5) is 10.1 Å². The number of piperidine rings is 1. The number of morpholine rings is 1. The minimum absolute atomic E-state index is 0.126. The van der Waals surface area contributed by atoms with Gasteiger partial charge in [-0.15, -0.1) is 0 Å². The van der Waals surface area contributed by atoms with Gasteiger partial charge in [0, 0.05) is 30.4 Å². The third-order valence-electron chi connectivity index (χ3n) is 7.33. The van der Waals surface area contributed by atoms with Gasteiger partial charge in [-0.05, 0) is 69.8 Å². The summed E-state index contributed by atoms with van der Waals surface area (Å²) in [6.07, 6.45) is 2.22. The highest BCUT2D eigenvalue weighted by atomic mass is 32.2. The van der Waals surface area contributed by atoms with Crippen LogP contribution in [0, 0.1) is 25.6 Å². The van der Waals surface area contributed by atoms with E-state index in [0.717, 1.165) is 18.4 Å². The Morgan fingerprint density at radius 1 is 1.16 bits per heavy atom. The largest absolute Gasteiger partial charge is 0.371 e. The molecule has 9 heteroatoms. The van der Waals surface area contributed by atoms with Gasteiger partial charge in [-0.25, -0.2) is 12.8 Å². The fourth-order valence-corrected chi connectivity index (χ4v) is 7.07. The molecule has 2 saturated heterocycles. The lowest BCUT2D eigenvalue weighted by Crippen LogP contribution is -2.64. The van der Waals surface area contributed by atoms with Gasteiger partial charge in [-0.3, -0.25) is 9.69 Å². The number of carbonyl (C=O) groups is 1. The average Bonchev–Trinajstić information content (AvgIpc) is 2.83. The molecule has 2 aromatic rings. The average molecular weight is 532 g/mol. The number of halogens is 1. The second kappa shape index (κ2) is 11.2. The van der Waals surface area contributed by atoms with Crippen LogP contribution in [0.1, 0.15) is 44.2 Å². The van der Waals surface area contributed by atoms with Gasteiger partial charge in [0.25, 0.3) is 0 Å². The minimum atomic E-state index is -3.72. The van der Waals surface area contributed by atoms with Crippen molar-refractivity contribution < 1.29 is 22.3 Å². The van der Waals surface area contributed by atoms with Crippen molar-refractivity contribution in [2.75, 3.05) is 38.1 Å². The smallest absolute Gasteiger partial charge is 0.243 e. The fourth-order valence-electron chi connectivity index (χ4n) is 5.38. The monoisotopic (exact) mass is 531 g/mol. The van der Waals surface area contributed by atoms with Gasteiger partial charge in [-0.2, -0.15) is 4.31 Å². The topological polar surface area (TPSA) is 79.0 Å². The Morgan fingerprint density at radius 3 is 2.59 bits per heavy atom. The summed E-state index contributed by atoms with van der Waals surface area (Å²) in [6.45, 7) is 9.61. The standard InChI is InChI=1S/C28H38FN3O4S/c1-20(2)15-23-17-36-28(19-32(23)37(34,35)24-11-9-21(3)10-12-24)13-6-14-31(18-28)16-27(33)30-26-8-5-7-25(29)22(26)4/h5,7-12,20,23H,6,13-19H2,1-4H3,(H,30,33)/t23-,28+/m0/s1. The number of hydrogen-bond acceptors (Lipinski definition) is 5. The van der Waals surface area contributed by atoms with Crippen LogP contribution in [0.15, 0.2) is 47.4 Å². The van der Waals surface area contributed by atoms with E-state index in [1.165, 1.54) is 6.07 Å². The van der Waals surface area contributed by atoms with E-state index in [4.69, 9.17) is 4.74 Å². The molecule has 0 aromatic heterocycles. The van der Waals surface area contributed by atoms with E-state index in [9.17, 15) is 17.6 Å². The lowest BCUT2D eigenvalue weighted by molar-refractivity contribution is -0.146. The number of sulfonamides is 1. The SMILES string of the molecule is Cc1ccc(S(=O)(=O)N2C[C@]3(CCCN(CC(=O)Nc4cccc(F)c4C)C3)OC[C@@H]2CC(C)C)cc1. The van der Waals surface area contributed by atoms with Crippen molar-refractivity contribution in [2.24, 2.45) is 5.92 Å². The van der Waals surface area contributed by atoms with E-state index < -0.39 is 15.6 Å². The zero-order valence-corrected chi connectivity index (χ0v) is 23.0.